The van der Waals surface area contributed by atoms with Gasteiger partial charge in [0.2, 0.25) is 0 Å². The van der Waals surface area contributed by atoms with Crippen molar-refractivity contribution in [3.63, 3.8) is 0 Å². The van der Waals surface area contributed by atoms with Gasteiger partial charge in [-0.05, 0) is 42.0 Å². The van der Waals surface area contributed by atoms with Gasteiger partial charge in [-0.1, -0.05) is 35.9 Å². The van der Waals surface area contributed by atoms with Gasteiger partial charge in [-0.15, -0.1) is 0 Å². The summed E-state index contributed by atoms with van der Waals surface area (Å²) in [6.07, 6.45) is 3.31. The van der Waals surface area contributed by atoms with Crippen molar-refractivity contribution in [2.24, 2.45) is 0 Å². The lowest BCUT2D eigenvalue weighted by molar-refractivity contribution is 0.0951. The molecule has 0 unspecified atom stereocenters. The molecule has 0 saturated carbocycles. The topological polar surface area (TPSA) is 79.4 Å². The zero-order chi connectivity index (χ0) is 20.1. The van der Waals surface area contributed by atoms with E-state index in [-0.39, 0.29) is 21.4 Å². The van der Waals surface area contributed by atoms with Crippen LogP contribution in [-0.4, -0.2) is 26.4 Å². The van der Waals surface area contributed by atoms with Gasteiger partial charge in [0.15, 0.2) is 0 Å². The number of aromatic nitrogens is 1. The number of carbonyl (C=O) groups is 1. The third-order valence-electron chi connectivity index (χ3n) is 4.14. The molecule has 0 atom stereocenters. The average molecular weight is 416 g/mol. The average Bonchev–Trinajstić information content (AvgIpc) is 2.72. The Morgan fingerprint density at radius 3 is 2.50 bits per heavy atom. The molecule has 0 aliphatic carbocycles. The lowest BCUT2D eigenvalue weighted by Gasteiger charge is -2.20. The first-order chi connectivity index (χ1) is 13.4. The highest BCUT2D eigenvalue weighted by molar-refractivity contribution is 7.92. The maximum atomic E-state index is 12.7. The molecule has 0 radical (unpaired) electrons. The van der Waals surface area contributed by atoms with Gasteiger partial charge in [-0.25, -0.2) is 8.42 Å². The largest absolute Gasteiger partial charge is 0.348 e. The minimum Gasteiger partial charge on any atom is -0.348 e. The Bertz CT molecular complexity index is 1070. The molecule has 1 aromatic heterocycles. The van der Waals surface area contributed by atoms with Gasteiger partial charge in [0.25, 0.3) is 15.9 Å². The number of anilines is 1. The van der Waals surface area contributed by atoms with E-state index in [1.165, 1.54) is 31.3 Å². The molecule has 1 N–H and O–H groups in total. The van der Waals surface area contributed by atoms with Crippen LogP contribution in [0.2, 0.25) is 5.02 Å². The van der Waals surface area contributed by atoms with Crippen molar-refractivity contribution < 1.29 is 13.2 Å². The van der Waals surface area contributed by atoms with E-state index < -0.39 is 10.0 Å². The molecule has 3 rings (SSSR count). The summed E-state index contributed by atoms with van der Waals surface area (Å²) in [4.78, 5) is 16.6. The summed E-state index contributed by atoms with van der Waals surface area (Å²) in [5.74, 6) is -0.353. The van der Waals surface area contributed by atoms with Crippen molar-refractivity contribution in [2.75, 3.05) is 11.4 Å². The summed E-state index contributed by atoms with van der Waals surface area (Å²) in [6, 6.07) is 16.2. The second-order valence-corrected chi connectivity index (χ2v) is 8.37. The zero-order valence-corrected chi connectivity index (χ0v) is 16.6. The van der Waals surface area contributed by atoms with Crippen molar-refractivity contribution in [1.29, 1.82) is 0 Å². The number of sulfonamides is 1. The number of hydrogen-bond donors (Lipinski definition) is 1. The molecule has 0 fully saturated rings. The van der Waals surface area contributed by atoms with Crippen LogP contribution < -0.4 is 9.62 Å². The lowest BCUT2D eigenvalue weighted by atomic mass is 10.2. The molecule has 0 saturated heterocycles. The predicted molar refractivity (Wildman–Crippen MR) is 109 cm³/mol. The van der Waals surface area contributed by atoms with Gasteiger partial charge < -0.3 is 5.32 Å². The Morgan fingerprint density at radius 1 is 1.11 bits per heavy atom. The summed E-state index contributed by atoms with van der Waals surface area (Å²) in [5, 5.41) is 2.93. The lowest BCUT2D eigenvalue weighted by Crippen LogP contribution is -2.27. The monoisotopic (exact) mass is 415 g/mol. The van der Waals surface area contributed by atoms with Crippen molar-refractivity contribution in [1.82, 2.24) is 10.3 Å². The molecule has 0 aliphatic rings. The summed E-state index contributed by atoms with van der Waals surface area (Å²) in [7, 11) is -2.28. The molecule has 3 aromatic rings. The minimum absolute atomic E-state index is 0.163. The molecule has 8 heteroatoms. The Morgan fingerprint density at radius 2 is 1.86 bits per heavy atom. The molecule has 1 amide bonds. The highest BCUT2D eigenvalue weighted by Gasteiger charge is 2.22. The van der Waals surface area contributed by atoms with Crippen LogP contribution in [0.1, 0.15) is 15.9 Å². The molecule has 0 spiro atoms. The molecule has 1 heterocycles. The minimum atomic E-state index is -3.72. The van der Waals surface area contributed by atoms with Crippen LogP contribution in [-0.2, 0) is 16.6 Å². The summed E-state index contributed by atoms with van der Waals surface area (Å²) in [6.45, 7) is 0.313. The van der Waals surface area contributed by atoms with Crippen LogP contribution in [0.5, 0.6) is 0 Å². The van der Waals surface area contributed by atoms with Crippen molar-refractivity contribution in [3.8, 4) is 0 Å². The van der Waals surface area contributed by atoms with Crippen LogP contribution in [0, 0.1) is 0 Å². The molecule has 28 heavy (non-hydrogen) atoms. The molecule has 0 bridgehead atoms. The highest BCUT2D eigenvalue weighted by Crippen LogP contribution is 2.27. The van der Waals surface area contributed by atoms with Crippen LogP contribution in [0.4, 0.5) is 5.69 Å². The number of amides is 1. The Kier molecular flexibility index (Phi) is 5.96. The quantitative estimate of drug-likeness (QED) is 0.668. The first-order valence-electron chi connectivity index (χ1n) is 8.40. The number of benzene rings is 2. The number of hydrogen-bond acceptors (Lipinski definition) is 4. The SMILES string of the molecule is CN(c1ccc(C(=O)NCc2cccnc2)c(Cl)c1)S(=O)(=O)c1ccccc1. The van der Waals surface area contributed by atoms with E-state index in [1.807, 2.05) is 6.07 Å². The molecule has 2 aromatic carbocycles. The van der Waals surface area contributed by atoms with Crippen molar-refractivity contribution in [2.45, 2.75) is 11.4 Å². The van der Waals surface area contributed by atoms with E-state index in [1.54, 1.807) is 42.7 Å². The third-order valence-corrected chi connectivity index (χ3v) is 6.25. The van der Waals surface area contributed by atoms with E-state index in [4.69, 9.17) is 11.6 Å². The number of nitrogens with zero attached hydrogens (tertiary/aromatic N) is 2. The number of nitrogens with one attached hydrogen (secondary N) is 1. The van der Waals surface area contributed by atoms with Crippen LogP contribution in [0.15, 0.2) is 78.0 Å². The number of halogens is 1. The Balaban J connectivity index is 1.77. The molecule has 6 nitrogen and oxygen atoms in total. The summed E-state index contributed by atoms with van der Waals surface area (Å²) >= 11 is 6.25. The van der Waals surface area contributed by atoms with Gasteiger partial charge in [0, 0.05) is 26.0 Å². The fourth-order valence-electron chi connectivity index (χ4n) is 2.55. The molecule has 0 aliphatic heterocycles. The van der Waals surface area contributed by atoms with Gasteiger partial charge in [0.1, 0.15) is 0 Å². The van der Waals surface area contributed by atoms with E-state index in [0.717, 1.165) is 9.87 Å². The third kappa shape index (κ3) is 4.32. The van der Waals surface area contributed by atoms with Crippen LogP contribution in [0.3, 0.4) is 0 Å². The van der Waals surface area contributed by atoms with Crippen molar-refractivity contribution >= 4 is 33.2 Å². The van der Waals surface area contributed by atoms with Gasteiger partial charge in [-0.2, -0.15) is 0 Å². The molecular weight excluding hydrogens is 398 g/mol. The number of carbonyl (C=O) groups excluding carboxylic acids is 1. The smallest absolute Gasteiger partial charge is 0.264 e. The van der Waals surface area contributed by atoms with E-state index in [0.29, 0.717) is 12.2 Å². The Hall–Kier alpha value is -2.90. The van der Waals surface area contributed by atoms with E-state index in [2.05, 4.69) is 10.3 Å². The second kappa shape index (κ2) is 8.41. The number of rotatable bonds is 6. The van der Waals surface area contributed by atoms with Gasteiger partial charge >= 0.3 is 0 Å². The Labute approximate surface area is 168 Å². The van der Waals surface area contributed by atoms with Crippen LogP contribution in [0.25, 0.3) is 0 Å². The van der Waals surface area contributed by atoms with Gasteiger partial charge in [0.05, 0.1) is 21.2 Å². The fourth-order valence-corrected chi connectivity index (χ4v) is 4.02. The first kappa shape index (κ1) is 19.9. The summed E-state index contributed by atoms with van der Waals surface area (Å²) < 4.78 is 26.6. The summed E-state index contributed by atoms with van der Waals surface area (Å²) in [5.41, 5.74) is 1.48. The zero-order valence-electron chi connectivity index (χ0n) is 15.0. The van der Waals surface area contributed by atoms with Crippen molar-refractivity contribution in [3.05, 3.63) is 89.2 Å². The van der Waals surface area contributed by atoms with Crippen LogP contribution >= 0.6 is 11.6 Å². The second-order valence-electron chi connectivity index (χ2n) is 5.99. The maximum absolute atomic E-state index is 12.7. The molecule has 144 valence electrons. The first-order valence-corrected chi connectivity index (χ1v) is 10.2. The molecular formula is C20H18ClN3O3S. The standard InChI is InChI=1S/C20H18ClN3O3S/c1-24(28(26,27)17-7-3-2-4-8-17)16-9-10-18(19(21)12-16)20(25)23-14-15-6-5-11-22-13-15/h2-13H,14H2,1H3,(H,23,25). The fraction of sp³-hybridized carbons (Fsp3) is 0.100. The van der Waals surface area contributed by atoms with E-state index in [9.17, 15) is 13.2 Å². The number of pyridine rings is 1. The van der Waals surface area contributed by atoms with Gasteiger partial charge in [-0.3, -0.25) is 14.1 Å². The normalized spacial score (nSPS) is 11.1. The maximum Gasteiger partial charge on any atom is 0.264 e. The predicted octanol–water partition coefficient (Wildman–Crippen LogP) is 3.49. The van der Waals surface area contributed by atoms with E-state index >= 15 is 0 Å². The highest BCUT2D eigenvalue weighted by atomic mass is 35.5.